The lowest BCUT2D eigenvalue weighted by atomic mass is 10.1. The Morgan fingerprint density at radius 2 is 1.79 bits per heavy atom. The van der Waals surface area contributed by atoms with E-state index < -0.39 is 11.7 Å². The summed E-state index contributed by atoms with van der Waals surface area (Å²) in [5.74, 6) is 0. The van der Waals surface area contributed by atoms with E-state index in [4.69, 9.17) is 5.73 Å². The number of hydrogen-bond donors (Lipinski definition) is 1. The number of pyridine rings is 2. The highest BCUT2D eigenvalue weighted by atomic mass is 19.4. The van der Waals surface area contributed by atoms with Crippen LogP contribution in [0.15, 0.2) is 36.8 Å². The van der Waals surface area contributed by atoms with Crippen molar-refractivity contribution in [2.75, 3.05) is 5.73 Å². The zero-order valence-electron chi connectivity index (χ0n) is 10.6. The smallest absolute Gasteiger partial charge is 0.398 e. The van der Waals surface area contributed by atoms with Gasteiger partial charge in [0.1, 0.15) is 0 Å². The van der Waals surface area contributed by atoms with Gasteiger partial charge in [0.2, 0.25) is 0 Å². The number of alkyl halides is 3. The minimum atomic E-state index is -4.41. The Labute approximate surface area is 109 Å². The number of rotatable bonds is 0. The van der Waals surface area contributed by atoms with Crippen LogP contribution >= 0.6 is 0 Å². The van der Waals surface area contributed by atoms with Crippen LogP contribution in [0.5, 0.6) is 0 Å². The highest BCUT2D eigenvalue weighted by Crippen LogP contribution is 2.34. The predicted octanol–water partition coefficient (Wildman–Crippen LogP) is 3.38. The Bertz CT molecular complexity index is 504. The summed E-state index contributed by atoms with van der Waals surface area (Å²) in [4.78, 5) is 7.39. The molecule has 0 aromatic carbocycles. The van der Waals surface area contributed by atoms with Crippen molar-refractivity contribution in [3.8, 4) is 0 Å². The van der Waals surface area contributed by atoms with Crippen molar-refractivity contribution in [3.05, 3.63) is 53.6 Å². The number of aromatic nitrogens is 2. The van der Waals surface area contributed by atoms with Gasteiger partial charge in [0.05, 0.1) is 11.3 Å². The molecule has 0 unspecified atom stereocenters. The molecule has 2 heterocycles. The third kappa shape index (κ3) is 4.57. The summed E-state index contributed by atoms with van der Waals surface area (Å²) in [5.41, 5.74) is 5.14. The lowest BCUT2D eigenvalue weighted by Gasteiger charge is -2.10. The molecule has 0 fully saturated rings. The zero-order chi connectivity index (χ0) is 14.5. The van der Waals surface area contributed by atoms with Crippen molar-refractivity contribution in [1.29, 1.82) is 0 Å². The van der Waals surface area contributed by atoms with Gasteiger partial charge in [-0.1, -0.05) is 6.07 Å². The summed E-state index contributed by atoms with van der Waals surface area (Å²) in [6, 6.07) is 5.08. The minimum absolute atomic E-state index is 0.0949. The molecule has 0 aliphatic rings. The van der Waals surface area contributed by atoms with Gasteiger partial charge < -0.3 is 5.73 Å². The number of nitrogen functional groups attached to an aromatic ring is 1. The molecule has 3 nitrogen and oxygen atoms in total. The van der Waals surface area contributed by atoms with Crippen LogP contribution in [-0.4, -0.2) is 9.97 Å². The van der Waals surface area contributed by atoms with Crippen LogP contribution in [0.1, 0.15) is 16.8 Å². The van der Waals surface area contributed by atoms with E-state index in [1.54, 1.807) is 6.20 Å². The van der Waals surface area contributed by atoms with Gasteiger partial charge in [-0.25, -0.2) is 0 Å². The number of hydrogen-bond acceptors (Lipinski definition) is 3. The van der Waals surface area contributed by atoms with Crippen LogP contribution < -0.4 is 5.73 Å². The standard InChI is InChI=1S/C7H7F3N2.C6H7N/c1-4-6(7(8,9)10)5(11)2-3-12-4;1-6-3-2-4-7-5-6/h2-3H,1H3,(H2,11,12);2-5H,1H3. The molecule has 0 aliphatic carbocycles. The lowest BCUT2D eigenvalue weighted by Crippen LogP contribution is -2.12. The minimum Gasteiger partial charge on any atom is -0.398 e. The van der Waals surface area contributed by atoms with Crippen molar-refractivity contribution in [2.45, 2.75) is 20.0 Å². The molecule has 0 saturated carbocycles. The van der Waals surface area contributed by atoms with Gasteiger partial charge in [0.15, 0.2) is 0 Å². The molecule has 0 radical (unpaired) electrons. The highest BCUT2D eigenvalue weighted by molar-refractivity contribution is 5.49. The summed E-state index contributed by atoms with van der Waals surface area (Å²) in [5, 5.41) is 0. The topological polar surface area (TPSA) is 51.8 Å². The van der Waals surface area contributed by atoms with E-state index in [-0.39, 0.29) is 11.4 Å². The first-order chi connectivity index (χ1) is 8.82. The van der Waals surface area contributed by atoms with Crippen molar-refractivity contribution >= 4 is 5.69 Å². The fourth-order valence-electron chi connectivity index (χ4n) is 1.40. The van der Waals surface area contributed by atoms with Gasteiger partial charge in [-0.15, -0.1) is 0 Å². The van der Waals surface area contributed by atoms with E-state index in [9.17, 15) is 13.2 Å². The number of halogens is 3. The molecule has 2 N–H and O–H groups in total. The molecule has 0 spiro atoms. The molecular weight excluding hydrogens is 255 g/mol. The molecule has 2 rings (SSSR count). The maximum atomic E-state index is 12.2. The summed E-state index contributed by atoms with van der Waals surface area (Å²) in [7, 11) is 0. The first-order valence-corrected chi connectivity index (χ1v) is 5.47. The molecule has 2 aromatic rings. The van der Waals surface area contributed by atoms with Crippen LogP contribution in [0, 0.1) is 13.8 Å². The Kier molecular flexibility index (Phi) is 4.86. The molecule has 19 heavy (non-hydrogen) atoms. The number of nitrogens with two attached hydrogens (primary N) is 1. The van der Waals surface area contributed by atoms with Crippen molar-refractivity contribution in [1.82, 2.24) is 9.97 Å². The first kappa shape index (κ1) is 14.9. The van der Waals surface area contributed by atoms with Crippen LogP contribution in [-0.2, 0) is 6.18 Å². The van der Waals surface area contributed by atoms with Crippen LogP contribution in [0.2, 0.25) is 0 Å². The Morgan fingerprint density at radius 1 is 1.11 bits per heavy atom. The third-order valence-electron chi connectivity index (χ3n) is 2.27. The molecule has 0 aliphatic heterocycles. The van der Waals surface area contributed by atoms with Crippen molar-refractivity contribution in [2.24, 2.45) is 0 Å². The number of nitrogens with zero attached hydrogens (tertiary/aromatic N) is 2. The molecule has 6 heteroatoms. The highest BCUT2D eigenvalue weighted by Gasteiger charge is 2.35. The fraction of sp³-hybridized carbons (Fsp3) is 0.231. The summed E-state index contributed by atoms with van der Waals surface area (Å²) in [6.45, 7) is 3.30. The molecule has 102 valence electrons. The second-order valence-electron chi connectivity index (χ2n) is 3.89. The Balaban J connectivity index is 0.000000218. The van der Waals surface area contributed by atoms with Crippen LogP contribution in [0.25, 0.3) is 0 Å². The SMILES string of the molecule is Cc1cccnc1.Cc1nccc(N)c1C(F)(F)F. The quantitative estimate of drug-likeness (QED) is 0.797. The number of anilines is 1. The summed E-state index contributed by atoms with van der Waals surface area (Å²) >= 11 is 0. The van der Waals surface area contributed by atoms with E-state index in [1.165, 1.54) is 18.7 Å². The molecule has 0 bridgehead atoms. The largest absolute Gasteiger partial charge is 0.420 e. The van der Waals surface area contributed by atoms with Crippen LogP contribution in [0.3, 0.4) is 0 Å². The van der Waals surface area contributed by atoms with Gasteiger partial charge >= 0.3 is 6.18 Å². The summed E-state index contributed by atoms with van der Waals surface area (Å²) < 4.78 is 36.6. The second kappa shape index (κ2) is 6.17. The van der Waals surface area contributed by atoms with Gasteiger partial charge in [-0.2, -0.15) is 13.2 Å². The van der Waals surface area contributed by atoms with Crippen molar-refractivity contribution < 1.29 is 13.2 Å². The van der Waals surface area contributed by atoms with E-state index in [0.29, 0.717) is 0 Å². The molecule has 0 atom stereocenters. The fourth-order valence-corrected chi connectivity index (χ4v) is 1.40. The maximum absolute atomic E-state index is 12.2. The summed E-state index contributed by atoms with van der Waals surface area (Å²) in [6.07, 6.45) is 0.440. The van der Waals surface area contributed by atoms with Crippen LogP contribution in [0.4, 0.5) is 18.9 Å². The second-order valence-corrected chi connectivity index (χ2v) is 3.89. The van der Waals surface area contributed by atoms with E-state index in [1.807, 2.05) is 25.3 Å². The predicted molar refractivity (Wildman–Crippen MR) is 67.4 cm³/mol. The number of aryl methyl sites for hydroxylation is 2. The van der Waals surface area contributed by atoms with Gasteiger partial charge in [-0.3, -0.25) is 9.97 Å². The van der Waals surface area contributed by atoms with E-state index in [2.05, 4.69) is 9.97 Å². The lowest BCUT2D eigenvalue weighted by molar-refractivity contribution is -0.137. The first-order valence-electron chi connectivity index (χ1n) is 5.47. The maximum Gasteiger partial charge on any atom is 0.420 e. The molecular formula is C13H14F3N3. The van der Waals surface area contributed by atoms with Crippen molar-refractivity contribution in [3.63, 3.8) is 0 Å². The van der Waals surface area contributed by atoms with E-state index >= 15 is 0 Å². The third-order valence-corrected chi connectivity index (χ3v) is 2.27. The Hall–Kier alpha value is -2.11. The molecule has 0 amide bonds. The molecule has 2 aromatic heterocycles. The normalized spacial score (nSPS) is 10.6. The van der Waals surface area contributed by atoms with Gasteiger partial charge in [0.25, 0.3) is 0 Å². The van der Waals surface area contributed by atoms with Gasteiger partial charge in [0, 0.05) is 24.3 Å². The van der Waals surface area contributed by atoms with E-state index in [0.717, 1.165) is 6.07 Å². The average molecular weight is 269 g/mol. The van der Waals surface area contributed by atoms with Gasteiger partial charge in [-0.05, 0) is 31.5 Å². The average Bonchev–Trinajstić information content (AvgIpc) is 2.28. The zero-order valence-corrected chi connectivity index (χ0v) is 10.6. The molecule has 0 saturated heterocycles. The Morgan fingerprint density at radius 3 is 2.11 bits per heavy atom. The monoisotopic (exact) mass is 269 g/mol.